The fourth-order valence-corrected chi connectivity index (χ4v) is 5.61. The number of fused-ring (bicyclic) bond motifs is 1. The van der Waals surface area contributed by atoms with Gasteiger partial charge in [0.2, 0.25) is 0 Å². The Hall–Kier alpha value is -3.20. The van der Waals surface area contributed by atoms with Crippen molar-refractivity contribution in [2.75, 3.05) is 6.26 Å². The van der Waals surface area contributed by atoms with Gasteiger partial charge in [0, 0.05) is 28.4 Å². The Morgan fingerprint density at radius 3 is 2.76 bits per heavy atom. The van der Waals surface area contributed by atoms with Gasteiger partial charge in [-0.15, -0.1) is 11.8 Å². The number of primary amides is 1. The van der Waals surface area contributed by atoms with Crippen LogP contribution >= 0.6 is 11.8 Å². The Balaban J connectivity index is 1.63. The van der Waals surface area contributed by atoms with Gasteiger partial charge in [-0.2, -0.15) is 0 Å². The van der Waals surface area contributed by atoms with Crippen LogP contribution in [0.5, 0.6) is 0 Å². The van der Waals surface area contributed by atoms with Crippen molar-refractivity contribution < 1.29 is 13.7 Å². The highest BCUT2D eigenvalue weighted by Crippen LogP contribution is 2.42. The summed E-state index contributed by atoms with van der Waals surface area (Å²) >= 11 is 1.54. The van der Waals surface area contributed by atoms with Crippen molar-refractivity contribution in [3.63, 3.8) is 0 Å². The van der Waals surface area contributed by atoms with Gasteiger partial charge in [-0.1, -0.05) is 24.9 Å². The molecule has 1 saturated carbocycles. The summed E-state index contributed by atoms with van der Waals surface area (Å²) in [5.41, 5.74) is 8.32. The van der Waals surface area contributed by atoms with Crippen LogP contribution in [0.4, 0.5) is 4.39 Å². The number of imidazole rings is 1. The summed E-state index contributed by atoms with van der Waals surface area (Å²) in [6.45, 7) is 2.25. The van der Waals surface area contributed by atoms with E-state index in [4.69, 9.17) is 15.2 Å². The number of rotatable bonds is 6. The minimum atomic E-state index is -0.601. The van der Waals surface area contributed by atoms with E-state index in [2.05, 4.69) is 22.0 Å². The number of halogens is 1. The molecule has 0 spiro atoms. The fourth-order valence-electron chi connectivity index (χ4n) is 5.03. The molecule has 9 heteroatoms. The van der Waals surface area contributed by atoms with E-state index in [0.717, 1.165) is 36.1 Å². The normalized spacial score (nSPS) is 19.4. The molecule has 34 heavy (non-hydrogen) atoms. The average Bonchev–Trinajstić information content (AvgIpc) is 3.49. The maximum absolute atomic E-state index is 15.8. The monoisotopic (exact) mass is 479 g/mol. The number of aromatic nitrogens is 4. The van der Waals surface area contributed by atoms with E-state index < -0.39 is 11.7 Å². The second kappa shape index (κ2) is 9.21. The lowest BCUT2D eigenvalue weighted by molar-refractivity contribution is 0.0998. The zero-order valence-electron chi connectivity index (χ0n) is 19.0. The van der Waals surface area contributed by atoms with Gasteiger partial charge in [-0.25, -0.2) is 9.37 Å². The molecular formula is C25H26FN5O2S. The largest absolute Gasteiger partial charge is 0.365 e. The van der Waals surface area contributed by atoms with E-state index in [-0.39, 0.29) is 22.9 Å². The number of pyridine rings is 1. The summed E-state index contributed by atoms with van der Waals surface area (Å²) in [5.74, 6) is 0.0442. The Bertz CT molecular complexity index is 1340. The van der Waals surface area contributed by atoms with Crippen LogP contribution in [0.1, 0.15) is 60.4 Å². The minimum Gasteiger partial charge on any atom is -0.365 e. The molecule has 0 saturated heterocycles. The molecule has 1 aromatic carbocycles. The number of hydrogen-bond donors (Lipinski definition) is 2. The average molecular weight is 480 g/mol. The summed E-state index contributed by atoms with van der Waals surface area (Å²) in [6, 6.07) is 5.45. The number of nitrogens with one attached hydrogen (secondary N) is 1. The third-order valence-corrected chi connectivity index (χ3v) is 7.68. The Morgan fingerprint density at radius 1 is 1.24 bits per heavy atom. The fraction of sp³-hybridized carbons (Fsp3) is 0.360. The first kappa shape index (κ1) is 22.6. The minimum absolute atomic E-state index is 0.184. The lowest BCUT2D eigenvalue weighted by Gasteiger charge is -2.31. The van der Waals surface area contributed by atoms with Gasteiger partial charge in [0.15, 0.2) is 5.82 Å². The molecule has 7 nitrogen and oxygen atoms in total. The Labute approximate surface area is 200 Å². The summed E-state index contributed by atoms with van der Waals surface area (Å²) in [4.78, 5) is 25.2. The number of carbonyl (C=O) groups excluding carboxylic acids is 1. The highest BCUT2D eigenvalue weighted by molar-refractivity contribution is 7.98. The molecule has 0 aliphatic heterocycles. The zero-order valence-corrected chi connectivity index (χ0v) is 19.9. The third kappa shape index (κ3) is 3.98. The number of thioether (sulfide) groups is 1. The number of H-pyrrole nitrogens is 1. The van der Waals surface area contributed by atoms with Crippen LogP contribution in [0, 0.1) is 17.7 Å². The molecule has 176 valence electrons. The predicted octanol–water partition coefficient (Wildman–Crippen LogP) is 5.53. The van der Waals surface area contributed by atoms with Crippen molar-refractivity contribution in [3.8, 4) is 11.1 Å². The molecule has 3 aromatic heterocycles. The van der Waals surface area contributed by atoms with Gasteiger partial charge in [-0.3, -0.25) is 9.78 Å². The van der Waals surface area contributed by atoms with Crippen molar-refractivity contribution >= 4 is 28.7 Å². The maximum Gasteiger partial charge on any atom is 0.253 e. The van der Waals surface area contributed by atoms with E-state index in [0.29, 0.717) is 28.5 Å². The molecule has 1 amide bonds. The van der Waals surface area contributed by atoms with Crippen molar-refractivity contribution in [1.29, 1.82) is 0 Å². The number of aromatic amines is 1. The number of hydrogen-bond acceptors (Lipinski definition) is 6. The standard InChI is InChI=1S/C25H26FN5O2S/c1-13-3-5-14(6-4-13)20(22-17(24(27)32)12-33-31-22)25-29-18-8-7-15(21(26)23(18)30-25)16-11-28-10-9-19(16)34-2/h7-14,20H,3-6H2,1-2H3,(H2,27,32)(H,29,30)/t13?,14?,20-/m0/s1. The molecule has 4 aromatic rings. The molecule has 1 aliphatic rings. The second-order valence-corrected chi connectivity index (χ2v) is 9.84. The summed E-state index contributed by atoms with van der Waals surface area (Å²) in [5, 5.41) is 4.15. The lowest BCUT2D eigenvalue weighted by Crippen LogP contribution is -2.24. The van der Waals surface area contributed by atoms with Crippen LogP contribution in [-0.2, 0) is 0 Å². The van der Waals surface area contributed by atoms with Gasteiger partial charge in [0.1, 0.15) is 28.9 Å². The molecule has 3 heterocycles. The highest BCUT2D eigenvalue weighted by Gasteiger charge is 2.35. The lowest BCUT2D eigenvalue weighted by atomic mass is 9.74. The van der Waals surface area contributed by atoms with Gasteiger partial charge < -0.3 is 15.2 Å². The van der Waals surface area contributed by atoms with E-state index >= 15 is 4.39 Å². The number of benzene rings is 1. The van der Waals surface area contributed by atoms with E-state index in [1.54, 1.807) is 18.5 Å². The third-order valence-electron chi connectivity index (χ3n) is 6.89. The number of carbonyl (C=O) groups is 1. The molecular weight excluding hydrogens is 453 g/mol. The SMILES string of the molecule is CSc1ccncc1-c1ccc2[nH]c([C@H](c3nocc3C(N)=O)C3CCC(C)CC3)nc2c1F. The van der Waals surface area contributed by atoms with Crippen LogP contribution in [0.2, 0.25) is 0 Å². The maximum atomic E-state index is 15.8. The number of amides is 1. The van der Waals surface area contributed by atoms with E-state index in [1.807, 2.05) is 18.4 Å². The molecule has 0 unspecified atom stereocenters. The second-order valence-electron chi connectivity index (χ2n) is 9.00. The molecule has 3 N–H and O–H groups in total. The number of nitrogens with zero attached hydrogens (tertiary/aromatic N) is 3. The first-order valence-electron chi connectivity index (χ1n) is 11.4. The summed E-state index contributed by atoms with van der Waals surface area (Å²) in [6.07, 6.45) is 10.6. The Morgan fingerprint density at radius 2 is 2.03 bits per heavy atom. The Kier molecular flexibility index (Phi) is 6.12. The van der Waals surface area contributed by atoms with Crippen molar-refractivity contribution in [2.45, 2.75) is 43.4 Å². The van der Waals surface area contributed by atoms with E-state index in [9.17, 15) is 4.79 Å². The van der Waals surface area contributed by atoms with Crippen molar-refractivity contribution in [2.24, 2.45) is 17.6 Å². The van der Waals surface area contributed by atoms with Crippen molar-refractivity contribution in [1.82, 2.24) is 20.1 Å². The first-order valence-corrected chi connectivity index (χ1v) is 12.6. The smallest absolute Gasteiger partial charge is 0.253 e. The van der Waals surface area contributed by atoms with Crippen LogP contribution < -0.4 is 5.73 Å². The van der Waals surface area contributed by atoms with Crippen LogP contribution in [0.25, 0.3) is 22.2 Å². The van der Waals surface area contributed by atoms with Crippen LogP contribution in [0.3, 0.4) is 0 Å². The van der Waals surface area contributed by atoms with Gasteiger partial charge in [0.05, 0.1) is 11.4 Å². The molecule has 1 atom stereocenters. The number of nitrogens with two attached hydrogens (primary N) is 1. The first-order chi connectivity index (χ1) is 16.5. The van der Waals surface area contributed by atoms with Crippen molar-refractivity contribution in [3.05, 3.63) is 59.8 Å². The molecule has 5 rings (SSSR count). The zero-order chi connectivity index (χ0) is 23.8. The quantitative estimate of drug-likeness (QED) is 0.352. The van der Waals surface area contributed by atoms with Gasteiger partial charge in [0.25, 0.3) is 5.91 Å². The van der Waals surface area contributed by atoms with Crippen LogP contribution in [-0.4, -0.2) is 32.3 Å². The predicted molar refractivity (Wildman–Crippen MR) is 129 cm³/mol. The highest BCUT2D eigenvalue weighted by atomic mass is 32.2. The van der Waals surface area contributed by atoms with Gasteiger partial charge >= 0.3 is 0 Å². The molecule has 1 aliphatic carbocycles. The van der Waals surface area contributed by atoms with Gasteiger partial charge in [-0.05, 0) is 49.1 Å². The topological polar surface area (TPSA) is 111 Å². The van der Waals surface area contributed by atoms with Crippen LogP contribution in [0.15, 0.2) is 46.3 Å². The van der Waals surface area contributed by atoms with E-state index in [1.165, 1.54) is 18.0 Å². The summed E-state index contributed by atoms with van der Waals surface area (Å²) < 4.78 is 20.9. The molecule has 0 radical (unpaired) electrons. The molecule has 0 bridgehead atoms. The molecule has 1 fully saturated rings. The summed E-state index contributed by atoms with van der Waals surface area (Å²) in [7, 11) is 0.